The fourth-order valence-corrected chi connectivity index (χ4v) is 8.32. The summed E-state index contributed by atoms with van der Waals surface area (Å²) in [6.07, 6.45) is 1.62. The highest BCUT2D eigenvalue weighted by molar-refractivity contribution is 7.23. The Morgan fingerprint density at radius 1 is 1.20 bits per heavy atom. The summed E-state index contributed by atoms with van der Waals surface area (Å²) in [5.41, 5.74) is 1.99. The fraction of sp³-hybridized carbons (Fsp3) is 0.441. The Morgan fingerprint density at radius 2 is 1.98 bits per heavy atom. The van der Waals surface area contributed by atoms with Gasteiger partial charge in [-0.3, -0.25) is 10.1 Å². The number of piperidine rings is 1. The van der Waals surface area contributed by atoms with Crippen LogP contribution in [0.25, 0.3) is 32.1 Å². The number of thiophene rings is 1. The molecule has 2 aromatic carbocycles. The van der Waals surface area contributed by atoms with Gasteiger partial charge >= 0.3 is 6.09 Å². The first-order valence-electron chi connectivity index (χ1n) is 16.2. The van der Waals surface area contributed by atoms with Gasteiger partial charge in [0.15, 0.2) is 0 Å². The van der Waals surface area contributed by atoms with Gasteiger partial charge < -0.3 is 29.7 Å². The second-order valence-electron chi connectivity index (χ2n) is 13.7. The molecule has 5 heterocycles. The van der Waals surface area contributed by atoms with Gasteiger partial charge in [-0.15, -0.1) is 20.6 Å². The van der Waals surface area contributed by atoms with Crippen molar-refractivity contribution in [3.05, 3.63) is 34.6 Å². The predicted molar refractivity (Wildman–Crippen MR) is 190 cm³/mol. The highest BCUT2D eigenvalue weighted by Gasteiger charge is 2.34. The smallest absolute Gasteiger partial charge is 0.412 e. The number of aromatic nitrogens is 2. The number of hydrogen-bond donors (Lipinski definition) is 3. The van der Waals surface area contributed by atoms with Crippen LogP contribution >= 0.6 is 20.6 Å². The molecule has 12 nitrogen and oxygen atoms in total. The second kappa shape index (κ2) is 12.5. The second-order valence-corrected chi connectivity index (χ2v) is 15.7. The Bertz CT molecular complexity index is 2080. The van der Waals surface area contributed by atoms with E-state index in [0.717, 1.165) is 36.3 Å². The van der Waals surface area contributed by atoms with Crippen molar-refractivity contribution in [1.29, 1.82) is 5.26 Å². The normalized spacial score (nSPS) is 19.4. The Hall–Kier alpha value is -4.31. The molecule has 3 atom stereocenters. The molecule has 3 aliphatic heterocycles. The first-order chi connectivity index (χ1) is 23.3. The lowest BCUT2D eigenvalue weighted by Gasteiger charge is -2.30. The van der Waals surface area contributed by atoms with Crippen LogP contribution in [0, 0.1) is 17.1 Å². The first-order valence-corrected chi connectivity index (χ1v) is 17.7. The van der Waals surface area contributed by atoms with E-state index in [1.807, 2.05) is 0 Å². The summed E-state index contributed by atoms with van der Waals surface area (Å²) in [5.74, 6) is 0.0588. The highest BCUT2D eigenvalue weighted by Crippen LogP contribution is 2.50. The molecule has 0 bridgehead atoms. The number of anilines is 3. The molecule has 49 heavy (non-hydrogen) atoms. The van der Waals surface area contributed by atoms with Gasteiger partial charge in [0.2, 0.25) is 11.9 Å². The number of ether oxygens (including phenoxy) is 2. The van der Waals surface area contributed by atoms with Crippen LogP contribution in [-0.4, -0.2) is 76.0 Å². The van der Waals surface area contributed by atoms with Crippen LogP contribution in [-0.2, 0) is 27.5 Å². The minimum absolute atomic E-state index is 0.0366. The van der Waals surface area contributed by atoms with Crippen LogP contribution in [0.1, 0.15) is 56.7 Å². The largest absolute Gasteiger partial charge is 0.505 e. The van der Waals surface area contributed by atoms with Crippen molar-refractivity contribution in [1.82, 2.24) is 14.9 Å². The van der Waals surface area contributed by atoms with Gasteiger partial charge in [-0.25, -0.2) is 14.2 Å². The lowest BCUT2D eigenvalue weighted by molar-refractivity contribution is -0.132. The minimum atomic E-state index is -0.790. The van der Waals surface area contributed by atoms with Gasteiger partial charge in [0.1, 0.15) is 45.6 Å². The van der Waals surface area contributed by atoms with Crippen molar-refractivity contribution < 1.29 is 28.6 Å². The monoisotopic (exact) mass is 705 g/mol. The molecular weight excluding hydrogens is 668 g/mol. The fourth-order valence-electron chi connectivity index (χ4n) is 6.85. The van der Waals surface area contributed by atoms with Crippen LogP contribution in [0.2, 0.25) is 0 Å². The number of phenols is 1. The van der Waals surface area contributed by atoms with Crippen molar-refractivity contribution in [2.75, 3.05) is 42.2 Å². The van der Waals surface area contributed by atoms with E-state index in [0.29, 0.717) is 59.0 Å². The van der Waals surface area contributed by atoms with E-state index in [1.165, 1.54) is 12.1 Å². The number of halogens is 1. The van der Waals surface area contributed by atoms with E-state index >= 15 is 4.39 Å². The van der Waals surface area contributed by atoms with Gasteiger partial charge in [0.05, 0.1) is 28.9 Å². The maximum Gasteiger partial charge on any atom is 0.412 e. The summed E-state index contributed by atoms with van der Waals surface area (Å²) < 4.78 is 26.9. The molecule has 3 unspecified atom stereocenters. The molecule has 0 radical (unpaired) electrons. The summed E-state index contributed by atoms with van der Waals surface area (Å²) in [4.78, 5) is 39.5. The number of carbonyl (C=O) groups is 2. The van der Waals surface area contributed by atoms with Crippen LogP contribution in [0.4, 0.5) is 26.0 Å². The lowest BCUT2D eigenvalue weighted by Crippen LogP contribution is -2.45. The molecule has 0 spiro atoms. The zero-order valence-corrected chi connectivity index (χ0v) is 29.6. The van der Waals surface area contributed by atoms with E-state index in [4.69, 9.17) is 19.4 Å². The number of likely N-dealkylation sites (N-methyl/N-ethyl adjacent to an activating group) is 1. The first kappa shape index (κ1) is 33.2. The molecule has 2 amide bonds. The molecule has 0 saturated carbocycles. The van der Waals surface area contributed by atoms with Gasteiger partial charge in [-0.1, -0.05) is 6.07 Å². The molecule has 2 saturated heterocycles. The van der Waals surface area contributed by atoms with Gasteiger partial charge in [-0.05, 0) is 68.4 Å². The van der Waals surface area contributed by atoms with E-state index < -0.39 is 23.6 Å². The van der Waals surface area contributed by atoms with Crippen molar-refractivity contribution in [2.45, 2.75) is 70.5 Å². The van der Waals surface area contributed by atoms with Crippen LogP contribution in [0.3, 0.4) is 0 Å². The molecule has 3 N–H and O–H groups in total. The van der Waals surface area contributed by atoms with Gasteiger partial charge in [0.25, 0.3) is 0 Å². The lowest BCUT2D eigenvalue weighted by atomic mass is 9.90. The molecular formula is C34H37FN7O5PS. The molecule has 2 aromatic heterocycles. The zero-order valence-electron chi connectivity index (χ0n) is 27.6. The number of benzene rings is 2. The van der Waals surface area contributed by atoms with Crippen molar-refractivity contribution in [2.24, 2.45) is 0 Å². The topological polar surface area (TPSA) is 153 Å². The van der Waals surface area contributed by atoms with E-state index in [1.54, 1.807) is 32.7 Å². The van der Waals surface area contributed by atoms with E-state index in [-0.39, 0.29) is 51.0 Å². The summed E-state index contributed by atoms with van der Waals surface area (Å²) in [7, 11) is 4.62. The van der Waals surface area contributed by atoms with Gasteiger partial charge in [-0.2, -0.15) is 10.2 Å². The zero-order chi connectivity index (χ0) is 34.8. The van der Waals surface area contributed by atoms with Crippen LogP contribution < -0.4 is 15.5 Å². The third-order valence-electron chi connectivity index (χ3n) is 9.08. The summed E-state index contributed by atoms with van der Waals surface area (Å²) in [6.45, 7) is 7.58. The quantitative estimate of drug-likeness (QED) is 0.208. The maximum atomic E-state index is 15.4. The molecule has 15 heteroatoms. The van der Waals surface area contributed by atoms with Crippen molar-refractivity contribution in [3.8, 4) is 22.9 Å². The summed E-state index contributed by atoms with van der Waals surface area (Å²) >= 11 is 0.920. The number of amides is 2. The summed E-state index contributed by atoms with van der Waals surface area (Å²) in [6, 6.07) is 4.45. The van der Waals surface area contributed by atoms with Gasteiger partial charge in [0, 0.05) is 37.6 Å². The molecule has 0 aliphatic carbocycles. The maximum absolute atomic E-state index is 15.4. The number of phenolic OH excluding ortho intramolecular Hbond substituents is 1. The Balaban J connectivity index is 1.45. The van der Waals surface area contributed by atoms with E-state index in [2.05, 4.69) is 30.8 Å². The Labute approximate surface area is 288 Å². The number of nitrogens with one attached hydrogen (secondary N) is 2. The van der Waals surface area contributed by atoms with E-state index in [9.17, 15) is 20.0 Å². The number of nitriles is 1. The number of likely N-dealkylation sites (tertiary alicyclic amines) is 1. The number of hydrogen-bond acceptors (Lipinski definition) is 11. The standard InChI is InChI=1S/C34H37FN7O5PS/c1-34(2,3)47-33(45)40-30-18(12-36)24-17(7-8-21(35)28(24)49-30)23-19-14-46-15-20(19)25-26(27(23)43)38-32(42-11-9-16(48)13-42)39-29(25)37-22-6-5-10-41(4)31(22)44/h7-8,16,22,43H,5-6,9-11,13-15,48H2,1-4H3,(H,40,45)(H,37,38,39). The number of fused-ring (bicyclic) bond motifs is 4. The van der Waals surface area contributed by atoms with Crippen molar-refractivity contribution in [3.63, 3.8) is 0 Å². The van der Waals surface area contributed by atoms with Crippen LogP contribution in [0.5, 0.6) is 5.75 Å². The average molecular weight is 706 g/mol. The number of carbonyl (C=O) groups excluding carboxylic acids is 2. The van der Waals surface area contributed by atoms with Crippen LogP contribution in [0.15, 0.2) is 12.1 Å². The third-order valence-corrected chi connectivity index (χ3v) is 10.7. The average Bonchev–Trinajstić information content (AvgIpc) is 3.78. The highest BCUT2D eigenvalue weighted by atomic mass is 32.1. The Kier molecular flexibility index (Phi) is 8.49. The SMILES string of the molecule is CN1CCCC(Nc2nc(N3CCC(P)C3)nc3c(O)c(-c4ccc(F)c5sc(NC(=O)OC(C)(C)C)c(C#N)c45)c4c(c23)COC4)C1=O. The Morgan fingerprint density at radius 3 is 2.69 bits per heavy atom. The number of rotatable bonds is 5. The third kappa shape index (κ3) is 5.98. The summed E-state index contributed by atoms with van der Waals surface area (Å²) in [5, 5.41) is 29.5. The molecule has 7 rings (SSSR count). The number of aromatic hydroxyl groups is 1. The minimum Gasteiger partial charge on any atom is -0.505 e. The predicted octanol–water partition coefficient (Wildman–Crippen LogP) is 6.09. The van der Waals surface area contributed by atoms with Crippen molar-refractivity contribution >= 4 is 70.3 Å². The molecule has 2 fully saturated rings. The molecule has 3 aliphatic rings. The number of nitrogens with zero attached hydrogens (tertiary/aromatic N) is 5. The molecule has 4 aromatic rings. The molecule has 256 valence electrons.